The van der Waals surface area contributed by atoms with Gasteiger partial charge < -0.3 is 5.32 Å². The van der Waals surface area contributed by atoms with Crippen molar-refractivity contribution in [1.29, 1.82) is 0 Å². The number of hydrogen-bond acceptors (Lipinski definition) is 2. The lowest BCUT2D eigenvalue weighted by atomic mass is 9.90. The van der Waals surface area contributed by atoms with Gasteiger partial charge in [-0.2, -0.15) is 0 Å². The molecule has 0 aromatic rings. The maximum Gasteiger partial charge on any atom is 0.0217 e. The highest BCUT2D eigenvalue weighted by Gasteiger charge is 2.27. The first kappa shape index (κ1) is 14.0. The van der Waals surface area contributed by atoms with Gasteiger partial charge in [0, 0.05) is 18.6 Å². The van der Waals surface area contributed by atoms with Crippen LogP contribution in [0.25, 0.3) is 0 Å². The van der Waals surface area contributed by atoms with Crippen molar-refractivity contribution < 1.29 is 0 Å². The van der Waals surface area contributed by atoms with Gasteiger partial charge in [-0.25, -0.2) is 0 Å². The molecule has 4 unspecified atom stereocenters. The molecule has 16 heavy (non-hydrogen) atoms. The minimum Gasteiger partial charge on any atom is -0.315 e. The Morgan fingerprint density at radius 1 is 1.38 bits per heavy atom. The molecule has 0 amide bonds. The van der Waals surface area contributed by atoms with E-state index in [0.29, 0.717) is 6.04 Å². The van der Waals surface area contributed by atoms with Gasteiger partial charge in [0.2, 0.25) is 0 Å². The van der Waals surface area contributed by atoms with E-state index in [2.05, 4.69) is 45.0 Å². The van der Waals surface area contributed by atoms with Crippen molar-refractivity contribution in [2.45, 2.75) is 59.0 Å². The molecule has 1 aliphatic rings. The molecule has 4 atom stereocenters. The van der Waals surface area contributed by atoms with E-state index >= 15 is 0 Å². The number of nitrogens with zero attached hydrogens (tertiary/aromatic N) is 1. The van der Waals surface area contributed by atoms with Crippen molar-refractivity contribution in [3.8, 4) is 0 Å². The summed E-state index contributed by atoms with van der Waals surface area (Å²) in [5.74, 6) is 1.64. The molecule has 96 valence electrons. The van der Waals surface area contributed by atoms with Crippen LogP contribution < -0.4 is 5.32 Å². The summed E-state index contributed by atoms with van der Waals surface area (Å²) in [4.78, 5) is 2.68. The van der Waals surface area contributed by atoms with Crippen LogP contribution in [0.4, 0.5) is 0 Å². The molecule has 1 N–H and O–H groups in total. The average Bonchev–Trinajstić information content (AvgIpc) is 2.30. The lowest BCUT2D eigenvalue weighted by Gasteiger charge is -2.40. The second-order valence-electron chi connectivity index (χ2n) is 5.64. The number of rotatable bonds is 5. The predicted octanol–water partition coefficient (Wildman–Crippen LogP) is 2.74. The molecule has 1 saturated heterocycles. The van der Waals surface area contributed by atoms with Crippen molar-refractivity contribution in [3.05, 3.63) is 0 Å². The van der Waals surface area contributed by atoms with E-state index in [1.165, 1.54) is 32.4 Å². The summed E-state index contributed by atoms with van der Waals surface area (Å²) in [5.41, 5.74) is 0. The van der Waals surface area contributed by atoms with Crippen molar-refractivity contribution in [2.24, 2.45) is 11.8 Å². The van der Waals surface area contributed by atoms with E-state index in [1.807, 2.05) is 0 Å². The zero-order valence-electron chi connectivity index (χ0n) is 11.8. The summed E-state index contributed by atoms with van der Waals surface area (Å²) in [5, 5.41) is 3.49. The van der Waals surface area contributed by atoms with Gasteiger partial charge in [0.25, 0.3) is 0 Å². The molecule has 0 radical (unpaired) electrons. The zero-order chi connectivity index (χ0) is 12.1. The molecule has 0 spiro atoms. The zero-order valence-corrected chi connectivity index (χ0v) is 11.8. The van der Waals surface area contributed by atoms with Crippen LogP contribution in [-0.4, -0.2) is 37.1 Å². The van der Waals surface area contributed by atoms with Crippen LogP contribution in [0.15, 0.2) is 0 Å². The van der Waals surface area contributed by atoms with Crippen molar-refractivity contribution in [3.63, 3.8) is 0 Å². The Morgan fingerprint density at radius 3 is 2.62 bits per heavy atom. The molecular weight excluding hydrogens is 196 g/mol. The Bertz CT molecular complexity index is 193. The Labute approximate surface area is 102 Å². The van der Waals surface area contributed by atoms with Crippen molar-refractivity contribution >= 4 is 0 Å². The smallest absolute Gasteiger partial charge is 0.0217 e. The summed E-state index contributed by atoms with van der Waals surface area (Å²) >= 11 is 0. The van der Waals surface area contributed by atoms with Crippen LogP contribution in [0.1, 0.15) is 47.0 Å². The maximum atomic E-state index is 3.49. The third-order valence-corrected chi connectivity index (χ3v) is 4.64. The molecule has 1 aliphatic heterocycles. The van der Waals surface area contributed by atoms with Gasteiger partial charge in [-0.15, -0.1) is 0 Å². The first-order valence-electron chi connectivity index (χ1n) is 7.01. The van der Waals surface area contributed by atoms with Gasteiger partial charge in [0.15, 0.2) is 0 Å². The predicted molar refractivity (Wildman–Crippen MR) is 71.7 cm³/mol. The fourth-order valence-electron chi connectivity index (χ4n) is 2.77. The van der Waals surface area contributed by atoms with Gasteiger partial charge >= 0.3 is 0 Å². The first-order chi connectivity index (χ1) is 7.60. The Morgan fingerprint density at radius 2 is 2.06 bits per heavy atom. The van der Waals surface area contributed by atoms with Gasteiger partial charge in [-0.3, -0.25) is 4.90 Å². The molecule has 0 aromatic heterocycles. The third-order valence-electron chi connectivity index (χ3n) is 4.64. The van der Waals surface area contributed by atoms with E-state index in [-0.39, 0.29) is 0 Å². The lowest BCUT2D eigenvalue weighted by Crippen LogP contribution is -2.50. The largest absolute Gasteiger partial charge is 0.315 e. The second kappa shape index (κ2) is 6.61. The van der Waals surface area contributed by atoms with Crippen LogP contribution in [0.5, 0.6) is 0 Å². The molecule has 0 bridgehead atoms. The van der Waals surface area contributed by atoms with Crippen LogP contribution in [-0.2, 0) is 0 Å². The van der Waals surface area contributed by atoms with Crippen molar-refractivity contribution in [2.75, 3.05) is 20.1 Å². The topological polar surface area (TPSA) is 15.3 Å². The molecule has 2 heteroatoms. The fourth-order valence-corrected chi connectivity index (χ4v) is 2.77. The highest BCUT2D eigenvalue weighted by molar-refractivity contribution is 4.83. The first-order valence-corrected chi connectivity index (χ1v) is 7.01. The normalized spacial score (nSPS) is 31.3. The van der Waals surface area contributed by atoms with E-state index < -0.39 is 0 Å². The molecule has 0 saturated carbocycles. The van der Waals surface area contributed by atoms with Crippen LogP contribution in [0.3, 0.4) is 0 Å². The van der Waals surface area contributed by atoms with Gasteiger partial charge in [-0.05, 0) is 45.2 Å². The molecule has 1 rings (SSSR count). The quantitative estimate of drug-likeness (QED) is 0.775. The summed E-state index contributed by atoms with van der Waals surface area (Å²) in [6.45, 7) is 12.0. The van der Waals surface area contributed by atoms with Crippen LogP contribution >= 0.6 is 0 Å². The number of likely N-dealkylation sites (N-methyl/N-ethyl adjacent to an activating group) is 1. The van der Waals surface area contributed by atoms with E-state index in [1.54, 1.807) is 0 Å². The van der Waals surface area contributed by atoms with Gasteiger partial charge in [0.1, 0.15) is 0 Å². The summed E-state index contributed by atoms with van der Waals surface area (Å²) in [6.07, 6.45) is 4.05. The minimum atomic E-state index is 0.651. The molecule has 1 fully saturated rings. The number of likely N-dealkylation sites (tertiary alicyclic amines) is 1. The maximum absolute atomic E-state index is 3.49. The van der Waals surface area contributed by atoms with Crippen LogP contribution in [0, 0.1) is 11.8 Å². The van der Waals surface area contributed by atoms with E-state index in [9.17, 15) is 0 Å². The highest BCUT2D eigenvalue weighted by Crippen LogP contribution is 2.23. The molecule has 0 aliphatic carbocycles. The summed E-state index contributed by atoms with van der Waals surface area (Å²) in [7, 11) is 2.11. The Balaban J connectivity index is 2.50. The number of hydrogen-bond donors (Lipinski definition) is 1. The summed E-state index contributed by atoms with van der Waals surface area (Å²) < 4.78 is 0. The molecule has 0 aromatic carbocycles. The third kappa shape index (κ3) is 3.46. The fraction of sp³-hybridized carbons (Fsp3) is 1.00. The van der Waals surface area contributed by atoms with E-state index in [4.69, 9.17) is 0 Å². The van der Waals surface area contributed by atoms with Gasteiger partial charge in [0.05, 0.1) is 0 Å². The van der Waals surface area contributed by atoms with E-state index in [0.717, 1.165) is 17.9 Å². The Hall–Kier alpha value is -0.0800. The van der Waals surface area contributed by atoms with Crippen molar-refractivity contribution in [1.82, 2.24) is 10.2 Å². The standard InChI is InChI=1S/C14H30N2/c1-6-11(2)14(15-5)10-16-9-7-8-12(3)13(16)4/h11-15H,6-10H2,1-5H3. The number of piperidine rings is 1. The minimum absolute atomic E-state index is 0.651. The molecular formula is C14H30N2. The lowest BCUT2D eigenvalue weighted by molar-refractivity contribution is 0.0940. The highest BCUT2D eigenvalue weighted by atomic mass is 15.2. The van der Waals surface area contributed by atoms with Gasteiger partial charge in [-0.1, -0.05) is 27.2 Å². The second-order valence-corrected chi connectivity index (χ2v) is 5.64. The number of nitrogens with one attached hydrogen (secondary N) is 1. The monoisotopic (exact) mass is 226 g/mol. The molecule has 1 heterocycles. The van der Waals surface area contributed by atoms with Crippen LogP contribution in [0.2, 0.25) is 0 Å². The summed E-state index contributed by atoms with van der Waals surface area (Å²) in [6, 6.07) is 1.41. The SMILES string of the molecule is CCC(C)C(CN1CCCC(C)C1C)NC. The molecule has 2 nitrogen and oxygen atoms in total. The Kier molecular flexibility index (Phi) is 5.77. The average molecular weight is 226 g/mol.